The summed E-state index contributed by atoms with van der Waals surface area (Å²) in [5.41, 5.74) is 1.18. The smallest absolute Gasteiger partial charge is 0.410 e. The first-order valence-corrected chi connectivity index (χ1v) is 11.5. The summed E-state index contributed by atoms with van der Waals surface area (Å²) in [4.78, 5) is 31.4. The number of likely N-dealkylation sites (tertiary alicyclic amines) is 1. The number of nitrogens with zero attached hydrogens (tertiary/aromatic N) is 5. The minimum absolute atomic E-state index is 0.0121. The van der Waals surface area contributed by atoms with Crippen LogP contribution < -0.4 is 10.6 Å². The van der Waals surface area contributed by atoms with E-state index >= 15 is 0 Å². The Morgan fingerprint density at radius 1 is 1.24 bits per heavy atom. The number of rotatable bonds is 5. The number of anilines is 3. The molecule has 180 valence electrons. The van der Waals surface area contributed by atoms with Crippen LogP contribution in [0.4, 0.5) is 26.6 Å². The van der Waals surface area contributed by atoms with Crippen LogP contribution in [0.15, 0.2) is 30.7 Å². The van der Waals surface area contributed by atoms with Crippen LogP contribution in [-0.4, -0.2) is 56.2 Å². The monoisotopic (exact) mass is 487 g/mol. The van der Waals surface area contributed by atoms with Crippen LogP contribution in [-0.2, 0) is 4.74 Å². The third-order valence-corrected chi connectivity index (χ3v) is 5.66. The largest absolute Gasteiger partial charge is 0.444 e. The molecule has 0 aliphatic carbocycles. The number of carbonyl (C=O) groups is 1. The number of hydrogen-bond donors (Lipinski definition) is 2. The Hall–Kier alpha value is -3.27. The van der Waals surface area contributed by atoms with E-state index in [2.05, 4.69) is 30.6 Å². The third kappa shape index (κ3) is 5.99. The molecule has 1 aliphatic rings. The van der Waals surface area contributed by atoms with Crippen molar-refractivity contribution in [3.63, 3.8) is 0 Å². The van der Waals surface area contributed by atoms with Gasteiger partial charge in [-0.1, -0.05) is 11.6 Å². The van der Waals surface area contributed by atoms with E-state index < -0.39 is 11.4 Å². The van der Waals surface area contributed by atoms with E-state index in [1.165, 1.54) is 18.5 Å². The second kappa shape index (κ2) is 9.92. The maximum absolute atomic E-state index is 13.5. The number of piperidine rings is 1. The highest BCUT2D eigenvalue weighted by Crippen LogP contribution is 2.26. The molecule has 3 aromatic rings. The van der Waals surface area contributed by atoms with Crippen molar-refractivity contribution >= 4 is 46.2 Å². The van der Waals surface area contributed by atoms with Crippen LogP contribution in [0.5, 0.6) is 0 Å². The lowest BCUT2D eigenvalue weighted by Crippen LogP contribution is -2.42. The molecule has 9 nitrogen and oxygen atoms in total. The molecule has 1 amide bonds. The van der Waals surface area contributed by atoms with Crippen molar-refractivity contribution in [3.8, 4) is 0 Å². The van der Waals surface area contributed by atoms with Gasteiger partial charge in [-0.3, -0.25) is 0 Å². The maximum Gasteiger partial charge on any atom is 0.410 e. The fourth-order valence-corrected chi connectivity index (χ4v) is 3.80. The fraction of sp³-hybridized carbons (Fsp3) is 0.435. The summed E-state index contributed by atoms with van der Waals surface area (Å²) in [5.74, 6) is 0.801. The van der Waals surface area contributed by atoms with Gasteiger partial charge >= 0.3 is 6.09 Å². The topological polar surface area (TPSA) is 105 Å². The maximum atomic E-state index is 13.5. The van der Waals surface area contributed by atoms with Gasteiger partial charge in [-0.25, -0.2) is 29.1 Å². The highest BCUT2D eigenvalue weighted by molar-refractivity contribution is 6.31. The van der Waals surface area contributed by atoms with Gasteiger partial charge in [0, 0.05) is 25.3 Å². The molecule has 0 saturated carbocycles. The van der Waals surface area contributed by atoms with E-state index in [-0.39, 0.29) is 11.1 Å². The molecule has 0 bridgehead atoms. The number of fused-ring (bicyclic) bond motifs is 1. The number of benzene rings is 1. The van der Waals surface area contributed by atoms with Gasteiger partial charge in [-0.2, -0.15) is 0 Å². The molecule has 11 heteroatoms. The minimum atomic E-state index is -0.497. The molecule has 0 atom stereocenters. The average Bonchev–Trinajstić information content (AvgIpc) is 2.79. The SMILES string of the molecule is CC(C)(C)OC(=O)N1CCC(CNc2ncc3ncnc(Nc4ccc(F)c(Cl)c4)c3n2)CC1. The summed E-state index contributed by atoms with van der Waals surface area (Å²) in [5, 5.41) is 6.41. The third-order valence-electron chi connectivity index (χ3n) is 5.37. The highest BCUT2D eigenvalue weighted by Gasteiger charge is 2.26. The lowest BCUT2D eigenvalue weighted by Gasteiger charge is -2.33. The van der Waals surface area contributed by atoms with Gasteiger partial charge in [-0.05, 0) is 57.7 Å². The molecule has 1 fully saturated rings. The predicted octanol–water partition coefficient (Wildman–Crippen LogP) is 5.01. The van der Waals surface area contributed by atoms with Gasteiger partial charge in [0.2, 0.25) is 5.95 Å². The zero-order chi connectivity index (χ0) is 24.3. The lowest BCUT2D eigenvalue weighted by atomic mass is 9.97. The molecular weight excluding hydrogens is 461 g/mol. The van der Waals surface area contributed by atoms with Gasteiger partial charge in [0.25, 0.3) is 0 Å². The Balaban J connectivity index is 1.38. The van der Waals surface area contributed by atoms with Crippen LogP contribution in [0.3, 0.4) is 0 Å². The quantitative estimate of drug-likeness (QED) is 0.517. The molecule has 0 spiro atoms. The van der Waals surface area contributed by atoms with Crippen molar-refractivity contribution in [2.75, 3.05) is 30.3 Å². The van der Waals surface area contributed by atoms with E-state index in [0.29, 0.717) is 54.0 Å². The Labute approximate surface area is 202 Å². The standard InChI is InChI=1S/C23H27ClFN7O2/c1-23(2,3)34-22(33)32-8-6-14(7-9-32)11-26-21-27-12-18-19(31-21)20(29-13-28-18)30-15-4-5-17(25)16(24)10-15/h4-5,10,12-14H,6-9,11H2,1-3H3,(H,26,27,31)(H,28,29,30). The first kappa shape index (κ1) is 23.9. The van der Waals surface area contributed by atoms with Crippen molar-refractivity contribution < 1.29 is 13.9 Å². The van der Waals surface area contributed by atoms with Gasteiger partial charge in [-0.15, -0.1) is 0 Å². The van der Waals surface area contributed by atoms with E-state index in [9.17, 15) is 9.18 Å². The van der Waals surface area contributed by atoms with Crippen molar-refractivity contribution in [2.24, 2.45) is 5.92 Å². The number of carbonyl (C=O) groups excluding carboxylic acids is 1. The van der Waals surface area contributed by atoms with E-state index in [1.807, 2.05) is 20.8 Å². The molecule has 2 aromatic heterocycles. The molecule has 1 aromatic carbocycles. The second-order valence-electron chi connectivity index (χ2n) is 9.20. The van der Waals surface area contributed by atoms with Crippen LogP contribution in [0, 0.1) is 11.7 Å². The van der Waals surface area contributed by atoms with Crippen molar-refractivity contribution in [2.45, 2.75) is 39.2 Å². The van der Waals surface area contributed by atoms with Gasteiger partial charge < -0.3 is 20.3 Å². The second-order valence-corrected chi connectivity index (χ2v) is 9.60. The summed E-state index contributed by atoms with van der Waals surface area (Å²) in [6.07, 6.45) is 4.49. The van der Waals surface area contributed by atoms with E-state index in [0.717, 1.165) is 12.8 Å². The molecule has 4 rings (SSSR count). The number of nitrogens with one attached hydrogen (secondary N) is 2. The minimum Gasteiger partial charge on any atom is -0.444 e. The molecule has 1 aliphatic heterocycles. The predicted molar refractivity (Wildman–Crippen MR) is 129 cm³/mol. The van der Waals surface area contributed by atoms with Crippen LogP contribution in [0.2, 0.25) is 5.02 Å². The normalized spacial score (nSPS) is 14.8. The molecule has 1 saturated heterocycles. The van der Waals surface area contributed by atoms with E-state index in [1.54, 1.807) is 17.2 Å². The number of amides is 1. The zero-order valence-corrected chi connectivity index (χ0v) is 20.1. The van der Waals surface area contributed by atoms with Crippen molar-refractivity contribution in [1.29, 1.82) is 0 Å². The first-order chi connectivity index (χ1) is 16.2. The average molecular weight is 488 g/mol. The number of halogens is 2. The Morgan fingerprint density at radius 2 is 2.00 bits per heavy atom. The summed E-state index contributed by atoms with van der Waals surface area (Å²) in [6.45, 7) is 7.59. The van der Waals surface area contributed by atoms with Crippen molar-refractivity contribution in [1.82, 2.24) is 24.8 Å². The number of ether oxygens (including phenoxy) is 1. The molecule has 0 radical (unpaired) electrons. The van der Waals surface area contributed by atoms with Crippen molar-refractivity contribution in [3.05, 3.63) is 41.6 Å². The lowest BCUT2D eigenvalue weighted by molar-refractivity contribution is 0.0188. The van der Waals surface area contributed by atoms with Gasteiger partial charge in [0.05, 0.1) is 11.2 Å². The zero-order valence-electron chi connectivity index (χ0n) is 19.3. The summed E-state index contributed by atoms with van der Waals surface area (Å²) in [6, 6.07) is 4.33. The fourth-order valence-electron chi connectivity index (χ4n) is 3.62. The Bertz CT molecular complexity index is 1180. The van der Waals surface area contributed by atoms with Crippen LogP contribution in [0.25, 0.3) is 11.0 Å². The Kier molecular flexibility index (Phi) is 6.97. The number of hydrogen-bond acceptors (Lipinski definition) is 8. The number of aromatic nitrogens is 4. The first-order valence-electron chi connectivity index (χ1n) is 11.1. The van der Waals surface area contributed by atoms with Gasteiger partial charge in [0.1, 0.15) is 28.8 Å². The molecule has 0 unspecified atom stereocenters. The summed E-state index contributed by atoms with van der Waals surface area (Å²) >= 11 is 5.88. The summed E-state index contributed by atoms with van der Waals surface area (Å²) in [7, 11) is 0. The Morgan fingerprint density at radius 3 is 2.71 bits per heavy atom. The van der Waals surface area contributed by atoms with Gasteiger partial charge in [0.15, 0.2) is 5.82 Å². The molecule has 2 N–H and O–H groups in total. The molecule has 34 heavy (non-hydrogen) atoms. The molecule has 3 heterocycles. The molecular formula is C23H27ClFN7O2. The summed E-state index contributed by atoms with van der Waals surface area (Å²) < 4.78 is 18.9. The van der Waals surface area contributed by atoms with Crippen LogP contribution >= 0.6 is 11.6 Å². The van der Waals surface area contributed by atoms with E-state index in [4.69, 9.17) is 16.3 Å². The highest BCUT2D eigenvalue weighted by atomic mass is 35.5. The van der Waals surface area contributed by atoms with Crippen LogP contribution in [0.1, 0.15) is 33.6 Å².